The molecular formula is C22H24ClFN2O4. The summed E-state index contributed by atoms with van der Waals surface area (Å²) in [6.45, 7) is 2.47. The fourth-order valence-electron chi connectivity index (χ4n) is 3.28. The van der Waals surface area contributed by atoms with Crippen LogP contribution in [-0.4, -0.2) is 34.0 Å². The second kappa shape index (κ2) is 8.62. The highest BCUT2D eigenvalue weighted by molar-refractivity contribution is 6.32. The maximum absolute atomic E-state index is 13.1. The van der Waals surface area contributed by atoms with Gasteiger partial charge in [-0.15, -0.1) is 0 Å². The molecular weight excluding hydrogens is 411 g/mol. The van der Waals surface area contributed by atoms with Crippen LogP contribution in [0.5, 0.6) is 5.75 Å². The third kappa shape index (κ3) is 4.27. The normalized spacial score (nSPS) is 14.5. The van der Waals surface area contributed by atoms with E-state index in [-0.39, 0.29) is 28.9 Å². The van der Waals surface area contributed by atoms with Crippen molar-refractivity contribution in [1.29, 1.82) is 0 Å². The van der Waals surface area contributed by atoms with E-state index in [4.69, 9.17) is 16.3 Å². The van der Waals surface area contributed by atoms with Crippen molar-refractivity contribution in [3.05, 3.63) is 73.4 Å². The predicted molar refractivity (Wildman–Crippen MR) is 115 cm³/mol. The Bertz CT molecular complexity index is 1170. The van der Waals surface area contributed by atoms with E-state index >= 15 is 0 Å². The molecule has 0 saturated carbocycles. The summed E-state index contributed by atoms with van der Waals surface area (Å²) in [5.74, 6) is 0.0262. The standard InChI is InChI=1S/C22H24ClFN2O4/c1-13(11-24)22(2,29)10-17-18(23)9-8-16-19(17)25-21(28)26(20(16)27)12-14-4-6-15(30-3)7-5-14/h4-9,13,29H,10-12H2,1-3H3,(H,25,28). The van der Waals surface area contributed by atoms with Gasteiger partial charge in [-0.3, -0.25) is 13.8 Å². The lowest BCUT2D eigenvalue weighted by atomic mass is 9.85. The fourth-order valence-corrected chi connectivity index (χ4v) is 3.51. The molecule has 0 aliphatic heterocycles. The second-order valence-corrected chi connectivity index (χ2v) is 8.11. The lowest BCUT2D eigenvalue weighted by Crippen LogP contribution is -2.38. The molecule has 3 rings (SSSR count). The predicted octanol–water partition coefficient (Wildman–Crippen LogP) is 3.30. The van der Waals surface area contributed by atoms with Crippen molar-refractivity contribution < 1.29 is 14.2 Å². The summed E-state index contributed by atoms with van der Waals surface area (Å²) in [5, 5.41) is 11.2. The van der Waals surface area contributed by atoms with Crippen molar-refractivity contribution in [3.63, 3.8) is 0 Å². The number of hydrogen-bond acceptors (Lipinski definition) is 4. The average molecular weight is 435 g/mol. The minimum absolute atomic E-state index is 0.00780. The van der Waals surface area contributed by atoms with Crippen LogP contribution >= 0.6 is 11.6 Å². The van der Waals surface area contributed by atoms with E-state index in [1.807, 2.05) is 0 Å². The molecule has 0 saturated heterocycles. The van der Waals surface area contributed by atoms with Gasteiger partial charge in [0, 0.05) is 17.4 Å². The van der Waals surface area contributed by atoms with E-state index in [1.165, 1.54) is 13.0 Å². The van der Waals surface area contributed by atoms with E-state index in [2.05, 4.69) is 4.98 Å². The molecule has 0 aliphatic rings. The Morgan fingerprint density at radius 2 is 1.90 bits per heavy atom. The average Bonchev–Trinajstić information content (AvgIpc) is 2.73. The van der Waals surface area contributed by atoms with Gasteiger partial charge in [0.1, 0.15) is 5.75 Å². The molecule has 6 nitrogen and oxygen atoms in total. The number of hydrogen-bond donors (Lipinski definition) is 2. The molecule has 160 valence electrons. The molecule has 0 spiro atoms. The van der Waals surface area contributed by atoms with Crippen LogP contribution in [0, 0.1) is 5.92 Å². The Hall–Kier alpha value is -2.64. The van der Waals surface area contributed by atoms with Crippen molar-refractivity contribution in [1.82, 2.24) is 9.55 Å². The first-order valence-electron chi connectivity index (χ1n) is 9.53. The molecule has 2 aromatic carbocycles. The SMILES string of the molecule is COc1ccc(Cn2c(=O)[nH]c3c(CC(C)(O)C(C)CF)c(Cl)ccc3c2=O)cc1. The number of rotatable bonds is 7. The molecule has 2 unspecified atom stereocenters. The molecule has 2 atom stereocenters. The highest BCUT2D eigenvalue weighted by Gasteiger charge is 2.30. The molecule has 0 fully saturated rings. The van der Waals surface area contributed by atoms with Crippen LogP contribution in [0.1, 0.15) is 25.0 Å². The van der Waals surface area contributed by atoms with Gasteiger partial charge >= 0.3 is 5.69 Å². The van der Waals surface area contributed by atoms with E-state index in [9.17, 15) is 19.1 Å². The van der Waals surface area contributed by atoms with Gasteiger partial charge in [-0.25, -0.2) is 4.79 Å². The van der Waals surface area contributed by atoms with Gasteiger partial charge in [-0.2, -0.15) is 0 Å². The van der Waals surface area contributed by atoms with Crippen molar-refractivity contribution in [3.8, 4) is 5.75 Å². The smallest absolute Gasteiger partial charge is 0.329 e. The van der Waals surface area contributed by atoms with E-state index in [1.54, 1.807) is 44.4 Å². The monoisotopic (exact) mass is 434 g/mol. The number of nitrogens with one attached hydrogen (secondary N) is 1. The van der Waals surface area contributed by atoms with Gasteiger partial charge in [0.05, 0.1) is 36.8 Å². The lowest BCUT2D eigenvalue weighted by molar-refractivity contribution is -0.00238. The number of benzene rings is 2. The summed E-state index contributed by atoms with van der Waals surface area (Å²) >= 11 is 6.31. The number of nitrogens with zero attached hydrogens (tertiary/aromatic N) is 1. The van der Waals surface area contributed by atoms with Gasteiger partial charge in [0.15, 0.2) is 0 Å². The molecule has 2 N–H and O–H groups in total. The zero-order valence-electron chi connectivity index (χ0n) is 17.0. The van der Waals surface area contributed by atoms with Crippen molar-refractivity contribution in [2.75, 3.05) is 13.8 Å². The first-order valence-corrected chi connectivity index (χ1v) is 9.91. The molecule has 0 amide bonds. The number of alkyl halides is 1. The molecule has 0 bridgehead atoms. The Morgan fingerprint density at radius 3 is 2.50 bits per heavy atom. The molecule has 0 aliphatic carbocycles. The number of aliphatic hydroxyl groups is 1. The minimum atomic E-state index is -1.40. The third-order valence-corrected chi connectivity index (χ3v) is 5.89. The summed E-state index contributed by atoms with van der Waals surface area (Å²) in [6.07, 6.45) is -0.00780. The van der Waals surface area contributed by atoms with Crippen LogP contribution < -0.4 is 16.0 Å². The molecule has 1 aromatic heterocycles. The van der Waals surface area contributed by atoms with E-state index in [0.29, 0.717) is 11.3 Å². The number of halogens is 2. The first-order chi connectivity index (χ1) is 14.2. The zero-order valence-corrected chi connectivity index (χ0v) is 17.8. The Morgan fingerprint density at radius 1 is 1.23 bits per heavy atom. The highest BCUT2D eigenvalue weighted by Crippen LogP contribution is 2.30. The summed E-state index contributed by atoms with van der Waals surface area (Å²) in [4.78, 5) is 28.5. The quantitative estimate of drug-likeness (QED) is 0.597. The molecule has 30 heavy (non-hydrogen) atoms. The summed E-state index contributed by atoms with van der Waals surface area (Å²) in [6, 6.07) is 10.1. The highest BCUT2D eigenvalue weighted by atomic mass is 35.5. The molecule has 8 heteroatoms. The van der Waals surface area contributed by atoms with E-state index < -0.39 is 29.4 Å². The summed E-state index contributed by atoms with van der Waals surface area (Å²) < 4.78 is 19.3. The Labute approximate surface area is 177 Å². The van der Waals surface area contributed by atoms with Gasteiger partial charge < -0.3 is 14.8 Å². The number of H-pyrrole nitrogens is 1. The van der Waals surface area contributed by atoms with Crippen LogP contribution in [0.2, 0.25) is 5.02 Å². The van der Waals surface area contributed by atoms with Gasteiger partial charge in [-0.05, 0) is 42.3 Å². The van der Waals surface area contributed by atoms with Gasteiger partial charge in [0.2, 0.25) is 0 Å². The Kier molecular flexibility index (Phi) is 6.33. The number of ether oxygens (including phenoxy) is 1. The molecule has 0 radical (unpaired) electrons. The topological polar surface area (TPSA) is 84.3 Å². The van der Waals surface area contributed by atoms with Crippen molar-refractivity contribution >= 4 is 22.5 Å². The molecule has 3 aromatic rings. The minimum Gasteiger partial charge on any atom is -0.497 e. The maximum Gasteiger partial charge on any atom is 0.329 e. The second-order valence-electron chi connectivity index (χ2n) is 7.71. The zero-order chi connectivity index (χ0) is 22.1. The van der Waals surface area contributed by atoms with Crippen LogP contribution in [0.25, 0.3) is 10.9 Å². The van der Waals surface area contributed by atoms with Crippen molar-refractivity contribution in [2.24, 2.45) is 5.92 Å². The first kappa shape index (κ1) is 22.1. The van der Waals surface area contributed by atoms with Crippen molar-refractivity contribution in [2.45, 2.75) is 32.4 Å². The summed E-state index contributed by atoms with van der Waals surface area (Å²) in [5.41, 5.74) is -1.04. The Balaban J connectivity index is 2.09. The number of aromatic nitrogens is 2. The lowest BCUT2D eigenvalue weighted by Gasteiger charge is -2.29. The maximum atomic E-state index is 13.1. The van der Waals surface area contributed by atoms with Gasteiger partial charge in [0.25, 0.3) is 5.56 Å². The number of fused-ring (bicyclic) bond motifs is 1. The van der Waals surface area contributed by atoms with Crippen LogP contribution in [0.15, 0.2) is 46.0 Å². The van der Waals surface area contributed by atoms with Crippen LogP contribution in [-0.2, 0) is 13.0 Å². The van der Waals surface area contributed by atoms with Crippen LogP contribution in [0.3, 0.4) is 0 Å². The molecule has 1 heterocycles. The van der Waals surface area contributed by atoms with Gasteiger partial charge in [-0.1, -0.05) is 30.7 Å². The van der Waals surface area contributed by atoms with E-state index in [0.717, 1.165) is 10.1 Å². The third-order valence-electron chi connectivity index (χ3n) is 5.54. The number of methoxy groups -OCH3 is 1. The fraction of sp³-hybridized carbons (Fsp3) is 0.364. The van der Waals surface area contributed by atoms with Crippen LogP contribution in [0.4, 0.5) is 4.39 Å². The largest absolute Gasteiger partial charge is 0.497 e. The summed E-state index contributed by atoms with van der Waals surface area (Å²) in [7, 11) is 1.56. The number of aromatic amines is 1.